The van der Waals surface area contributed by atoms with Gasteiger partial charge in [-0.15, -0.1) is 0 Å². The highest BCUT2D eigenvalue weighted by Crippen LogP contribution is 2.35. The Kier molecular flexibility index (Phi) is 36.0. The van der Waals surface area contributed by atoms with E-state index < -0.39 is 53.8 Å². The highest BCUT2D eigenvalue weighted by atomic mass is 35.5. The number of nitrogens with zero attached hydrogens (tertiary/aromatic N) is 2. The number of halogens is 1. The lowest BCUT2D eigenvalue weighted by molar-refractivity contribution is -0.137. The lowest BCUT2D eigenvalue weighted by Gasteiger charge is -2.35. The number of carbonyl (C=O) groups excluding carboxylic acids is 8. The summed E-state index contributed by atoms with van der Waals surface area (Å²) in [7, 11) is 0. The zero-order valence-electron chi connectivity index (χ0n) is 58.0. The normalized spacial score (nSPS) is 13.0. The van der Waals surface area contributed by atoms with Gasteiger partial charge in [-0.25, -0.2) is 4.79 Å². The van der Waals surface area contributed by atoms with Crippen LogP contribution in [0.4, 0.5) is 10.5 Å². The summed E-state index contributed by atoms with van der Waals surface area (Å²) in [5.41, 5.74) is 3.95. The number of rotatable bonds is 48. The summed E-state index contributed by atoms with van der Waals surface area (Å²) >= 11 is 6.41. The van der Waals surface area contributed by atoms with Gasteiger partial charge in [0.1, 0.15) is 30.0 Å². The number of alkyl carbamates (subject to hydrolysis) is 1. The lowest BCUT2D eigenvalue weighted by atomic mass is 9.91. The Balaban J connectivity index is 0.773. The van der Waals surface area contributed by atoms with Gasteiger partial charge in [0.15, 0.2) is 5.43 Å². The smallest absolute Gasteiger partial charge is 0.407 e. The number of benzene rings is 4. The molecule has 8 amide bonds. The van der Waals surface area contributed by atoms with Crippen LogP contribution in [0.2, 0.25) is 5.02 Å². The third-order valence-corrected chi connectivity index (χ3v) is 15.8. The molecule has 5 aromatic rings. The summed E-state index contributed by atoms with van der Waals surface area (Å²) in [6.07, 6.45) is 2.31. The van der Waals surface area contributed by atoms with E-state index >= 15 is 0 Å². The summed E-state index contributed by atoms with van der Waals surface area (Å²) in [4.78, 5) is 119. The molecular formula is C73H96ClN7O19. The molecule has 0 radical (unpaired) electrons. The molecule has 26 nitrogen and oxygen atoms in total. The standard InChI is InChI=1S/C73H96ClN7O19/c1-50(2)66(79-63(83)26-31-91-33-35-93-37-39-95-41-43-97-45-46-98-44-42-96-40-38-94-36-34-92-32-28-75-62(82)25-30-80-64(84)23-24-65(80)85)71(88)77-53(6)70(87)78-58-20-15-55(16-21-58)49-99-73(90)76-27-10-29-81(72(89)56-17-13-52(5)14-18-56)67(51(3)4)69-60(47-54-11-8-7-9-12-54)68(86)59-22-19-57(74)48-61(59)100-69/h7-9,11-24,48,50-51,53,66-67H,10,25-47,49H2,1-6H3,(H,75,82)(H,76,90)(H,77,88)(H,78,87)(H,79,83). The molecule has 1 aromatic heterocycles. The van der Waals surface area contributed by atoms with E-state index in [2.05, 4.69) is 26.6 Å². The van der Waals surface area contributed by atoms with Crippen LogP contribution in [0.15, 0.2) is 118 Å². The summed E-state index contributed by atoms with van der Waals surface area (Å²) < 4.78 is 56.2. The summed E-state index contributed by atoms with van der Waals surface area (Å²) in [5, 5.41) is 14.5. The molecule has 544 valence electrons. The van der Waals surface area contributed by atoms with Crippen molar-refractivity contribution >= 4 is 75.7 Å². The number of fused-ring (bicyclic) bond motifs is 1. The van der Waals surface area contributed by atoms with Crippen molar-refractivity contribution in [1.29, 1.82) is 0 Å². The average molecular weight is 1410 g/mol. The summed E-state index contributed by atoms with van der Waals surface area (Å²) in [6.45, 7) is 17.1. The van der Waals surface area contributed by atoms with Crippen LogP contribution in [-0.2, 0) is 84.4 Å². The Labute approximate surface area is 588 Å². The predicted octanol–water partition coefficient (Wildman–Crippen LogP) is 7.04. The van der Waals surface area contributed by atoms with E-state index in [0.29, 0.717) is 150 Å². The highest BCUT2D eigenvalue weighted by molar-refractivity contribution is 6.31. The molecule has 0 saturated heterocycles. The molecule has 1 aliphatic heterocycles. The molecule has 1 aliphatic rings. The van der Waals surface area contributed by atoms with Gasteiger partial charge in [-0.1, -0.05) is 99.5 Å². The first-order valence-corrected chi connectivity index (χ1v) is 34.2. The molecular weight excluding hydrogens is 1310 g/mol. The highest BCUT2D eigenvalue weighted by Gasteiger charge is 2.35. The van der Waals surface area contributed by atoms with Gasteiger partial charge in [-0.3, -0.25) is 43.3 Å². The van der Waals surface area contributed by atoms with Gasteiger partial charge in [0.05, 0.1) is 117 Å². The number of carbonyl (C=O) groups is 8. The van der Waals surface area contributed by atoms with Crippen molar-refractivity contribution in [2.24, 2.45) is 11.8 Å². The first-order valence-electron chi connectivity index (χ1n) is 33.8. The lowest BCUT2D eigenvalue weighted by Crippen LogP contribution is -2.53. The number of hydrogen-bond acceptors (Lipinski definition) is 19. The van der Waals surface area contributed by atoms with Gasteiger partial charge in [0, 0.05) is 85.5 Å². The largest absolute Gasteiger partial charge is 0.458 e. The van der Waals surface area contributed by atoms with Gasteiger partial charge in [0.25, 0.3) is 17.7 Å². The van der Waals surface area contributed by atoms with Crippen LogP contribution in [-0.4, -0.2) is 201 Å². The predicted molar refractivity (Wildman–Crippen MR) is 373 cm³/mol. The number of anilines is 1. The zero-order valence-corrected chi connectivity index (χ0v) is 58.7. The minimum atomic E-state index is -0.965. The van der Waals surface area contributed by atoms with Crippen molar-refractivity contribution in [2.75, 3.05) is 137 Å². The molecule has 4 aromatic carbocycles. The van der Waals surface area contributed by atoms with Gasteiger partial charge in [0.2, 0.25) is 23.6 Å². The Morgan fingerprint density at radius 1 is 0.570 bits per heavy atom. The fourth-order valence-electron chi connectivity index (χ4n) is 10.2. The van der Waals surface area contributed by atoms with Gasteiger partial charge < -0.3 is 78.5 Å². The average Bonchev–Trinajstić information content (AvgIpc) is 0.889. The van der Waals surface area contributed by atoms with E-state index in [1.165, 1.54) is 19.1 Å². The zero-order chi connectivity index (χ0) is 72.0. The van der Waals surface area contributed by atoms with Gasteiger partial charge in [-0.2, -0.15) is 0 Å². The molecule has 2 heterocycles. The first kappa shape index (κ1) is 80.5. The molecule has 0 fully saturated rings. The van der Waals surface area contributed by atoms with Crippen LogP contribution < -0.4 is 32.0 Å². The van der Waals surface area contributed by atoms with E-state index in [4.69, 9.17) is 58.6 Å². The SMILES string of the molecule is Cc1ccc(C(=O)N(CCCNC(=O)OCc2ccc(NC(=O)C(C)NC(=O)C(NC(=O)CCOCCOCCOCCOCCOCCOCCOCCOCCNC(=O)CCN3C(=O)C=CC3=O)C(C)C)cc2)C(c2oc3cc(Cl)ccc3c(=O)c2Cc2ccccc2)C(C)C)cc1. The third kappa shape index (κ3) is 28.7. The molecule has 0 saturated carbocycles. The molecule has 0 spiro atoms. The van der Waals surface area contributed by atoms with Crippen LogP contribution in [0.1, 0.15) is 98.3 Å². The maximum atomic E-state index is 14.6. The molecule has 3 atom stereocenters. The van der Waals surface area contributed by atoms with Crippen molar-refractivity contribution < 1.29 is 85.4 Å². The number of imide groups is 1. The van der Waals surface area contributed by atoms with Crippen LogP contribution in [0.3, 0.4) is 0 Å². The van der Waals surface area contributed by atoms with Crippen molar-refractivity contribution in [1.82, 2.24) is 31.1 Å². The fraction of sp³-hybridized carbons (Fsp3) is 0.493. The monoisotopic (exact) mass is 1410 g/mol. The number of ether oxygens (including phenoxy) is 9. The Morgan fingerprint density at radius 2 is 1.13 bits per heavy atom. The molecule has 6 rings (SSSR count). The second-order valence-electron chi connectivity index (χ2n) is 24.1. The second-order valence-corrected chi connectivity index (χ2v) is 24.5. The number of amides is 8. The molecule has 27 heteroatoms. The van der Waals surface area contributed by atoms with Crippen LogP contribution in [0.25, 0.3) is 11.0 Å². The first-order chi connectivity index (χ1) is 48.3. The number of aryl methyl sites for hydroxylation is 1. The molecule has 0 aliphatic carbocycles. The van der Waals surface area contributed by atoms with E-state index in [9.17, 15) is 43.2 Å². The van der Waals surface area contributed by atoms with Crippen molar-refractivity contribution in [3.05, 3.63) is 158 Å². The Hall–Kier alpha value is -8.44. The summed E-state index contributed by atoms with van der Waals surface area (Å²) in [5.74, 6) is -2.95. The van der Waals surface area contributed by atoms with E-state index in [0.717, 1.165) is 16.0 Å². The maximum absolute atomic E-state index is 14.6. The van der Waals surface area contributed by atoms with Crippen LogP contribution in [0, 0.1) is 18.8 Å². The summed E-state index contributed by atoms with van der Waals surface area (Å²) in [6, 6.07) is 25.9. The molecule has 100 heavy (non-hydrogen) atoms. The van der Waals surface area contributed by atoms with Crippen LogP contribution in [0.5, 0.6) is 0 Å². The molecule has 3 unspecified atom stereocenters. The maximum Gasteiger partial charge on any atom is 0.407 e. The number of hydrogen-bond donors (Lipinski definition) is 5. The van der Waals surface area contributed by atoms with E-state index in [-0.39, 0.29) is 87.8 Å². The second kappa shape index (κ2) is 44.6. The van der Waals surface area contributed by atoms with Gasteiger partial charge in [-0.05, 0) is 79.6 Å². The Bertz CT molecular complexity index is 3460. The van der Waals surface area contributed by atoms with E-state index in [1.807, 2.05) is 63.2 Å². The Morgan fingerprint density at radius 3 is 1.69 bits per heavy atom. The van der Waals surface area contributed by atoms with E-state index in [1.54, 1.807) is 73.3 Å². The number of nitrogens with one attached hydrogen (secondary N) is 5. The minimum absolute atomic E-state index is 0.00198. The minimum Gasteiger partial charge on any atom is -0.458 e. The topological polar surface area (TPSA) is 316 Å². The fourth-order valence-corrected chi connectivity index (χ4v) is 10.4. The quantitative estimate of drug-likeness (QED) is 0.0193. The molecule has 5 N–H and O–H groups in total. The van der Waals surface area contributed by atoms with Crippen molar-refractivity contribution in [3.63, 3.8) is 0 Å². The van der Waals surface area contributed by atoms with Crippen molar-refractivity contribution in [3.8, 4) is 0 Å². The van der Waals surface area contributed by atoms with Gasteiger partial charge >= 0.3 is 6.09 Å². The third-order valence-electron chi connectivity index (χ3n) is 15.6. The molecule has 0 bridgehead atoms. The van der Waals surface area contributed by atoms with Crippen molar-refractivity contribution in [2.45, 2.75) is 92.0 Å². The van der Waals surface area contributed by atoms with Crippen LogP contribution >= 0.6 is 11.6 Å².